The number of benzene rings is 1. The number of rotatable bonds is 5. The van der Waals surface area contributed by atoms with Crippen molar-refractivity contribution < 1.29 is 0 Å². The van der Waals surface area contributed by atoms with E-state index in [2.05, 4.69) is 58.6 Å². The van der Waals surface area contributed by atoms with Crippen LogP contribution in [0.5, 0.6) is 0 Å². The van der Waals surface area contributed by atoms with Crippen molar-refractivity contribution in [2.45, 2.75) is 38.8 Å². The van der Waals surface area contributed by atoms with E-state index in [4.69, 9.17) is 0 Å². The van der Waals surface area contributed by atoms with E-state index in [1.165, 1.54) is 24.0 Å². The molecule has 2 atom stereocenters. The Bertz CT molecular complexity index is 514. The molecule has 1 fully saturated rings. The Labute approximate surface area is 113 Å². The second-order valence-electron chi connectivity index (χ2n) is 5.48. The summed E-state index contributed by atoms with van der Waals surface area (Å²) in [4.78, 5) is 4.23. The van der Waals surface area contributed by atoms with Gasteiger partial charge in [-0.2, -0.15) is 5.10 Å². The van der Waals surface area contributed by atoms with Crippen LogP contribution in [0.4, 0.5) is 0 Å². The average Bonchev–Trinajstić information content (AvgIpc) is 3.10. The van der Waals surface area contributed by atoms with Crippen LogP contribution in [0.2, 0.25) is 0 Å². The summed E-state index contributed by atoms with van der Waals surface area (Å²) in [5.74, 6) is 1.66. The van der Waals surface area contributed by atoms with E-state index in [0.29, 0.717) is 6.04 Å². The van der Waals surface area contributed by atoms with Gasteiger partial charge in [-0.25, -0.2) is 4.98 Å². The summed E-state index contributed by atoms with van der Waals surface area (Å²) < 4.78 is 0. The van der Waals surface area contributed by atoms with Crippen LogP contribution in [0.1, 0.15) is 48.8 Å². The molecule has 4 heteroatoms. The van der Waals surface area contributed by atoms with Crippen LogP contribution < -0.4 is 5.32 Å². The van der Waals surface area contributed by atoms with Gasteiger partial charge >= 0.3 is 0 Å². The van der Waals surface area contributed by atoms with Crippen molar-refractivity contribution in [1.29, 1.82) is 0 Å². The van der Waals surface area contributed by atoms with Crippen molar-refractivity contribution in [3.8, 4) is 0 Å². The van der Waals surface area contributed by atoms with Crippen molar-refractivity contribution in [1.82, 2.24) is 20.5 Å². The SMILES string of the molecule is Cc1ccc(C(NC(C)c2ncn[nH]2)C2CC2)cc1. The van der Waals surface area contributed by atoms with Crippen LogP contribution in [0.25, 0.3) is 0 Å². The molecule has 1 aliphatic rings. The van der Waals surface area contributed by atoms with E-state index < -0.39 is 0 Å². The first kappa shape index (κ1) is 12.4. The lowest BCUT2D eigenvalue weighted by Gasteiger charge is -2.22. The summed E-state index contributed by atoms with van der Waals surface area (Å²) in [6, 6.07) is 9.45. The molecule has 4 nitrogen and oxygen atoms in total. The summed E-state index contributed by atoms with van der Waals surface area (Å²) in [7, 11) is 0. The summed E-state index contributed by atoms with van der Waals surface area (Å²) in [6.45, 7) is 4.25. The van der Waals surface area contributed by atoms with Gasteiger partial charge in [0.2, 0.25) is 0 Å². The lowest BCUT2D eigenvalue weighted by Crippen LogP contribution is -2.27. The molecule has 0 saturated heterocycles. The Morgan fingerprint density at radius 3 is 2.58 bits per heavy atom. The molecule has 3 rings (SSSR count). The van der Waals surface area contributed by atoms with E-state index in [-0.39, 0.29) is 6.04 Å². The van der Waals surface area contributed by atoms with Crippen LogP contribution in [-0.2, 0) is 0 Å². The van der Waals surface area contributed by atoms with E-state index in [0.717, 1.165) is 11.7 Å². The molecule has 0 radical (unpaired) electrons. The van der Waals surface area contributed by atoms with E-state index in [9.17, 15) is 0 Å². The van der Waals surface area contributed by atoms with Crippen LogP contribution in [0, 0.1) is 12.8 Å². The third kappa shape index (κ3) is 2.84. The minimum atomic E-state index is 0.189. The molecule has 0 amide bonds. The Balaban J connectivity index is 1.76. The van der Waals surface area contributed by atoms with Gasteiger partial charge in [0, 0.05) is 6.04 Å². The molecule has 1 aromatic heterocycles. The molecule has 0 bridgehead atoms. The fraction of sp³-hybridized carbons (Fsp3) is 0.467. The number of hydrogen-bond acceptors (Lipinski definition) is 3. The monoisotopic (exact) mass is 256 g/mol. The Morgan fingerprint density at radius 2 is 2.00 bits per heavy atom. The zero-order valence-corrected chi connectivity index (χ0v) is 11.4. The number of nitrogens with one attached hydrogen (secondary N) is 2. The summed E-state index contributed by atoms with van der Waals surface area (Å²) in [6.07, 6.45) is 4.19. The van der Waals surface area contributed by atoms with Crippen molar-refractivity contribution in [2.75, 3.05) is 0 Å². The quantitative estimate of drug-likeness (QED) is 0.865. The topological polar surface area (TPSA) is 53.6 Å². The van der Waals surface area contributed by atoms with Gasteiger partial charge in [0.25, 0.3) is 0 Å². The molecule has 1 aliphatic carbocycles. The number of aryl methyl sites for hydroxylation is 1. The highest BCUT2D eigenvalue weighted by Crippen LogP contribution is 2.42. The highest BCUT2D eigenvalue weighted by Gasteiger charge is 2.33. The molecular weight excluding hydrogens is 236 g/mol. The smallest absolute Gasteiger partial charge is 0.141 e. The van der Waals surface area contributed by atoms with Crippen LogP contribution in [-0.4, -0.2) is 15.2 Å². The largest absolute Gasteiger partial charge is 0.300 e. The van der Waals surface area contributed by atoms with Gasteiger partial charge in [-0.05, 0) is 38.2 Å². The molecule has 0 spiro atoms. The molecular formula is C15H20N4. The number of H-pyrrole nitrogens is 1. The second-order valence-corrected chi connectivity index (χ2v) is 5.48. The van der Waals surface area contributed by atoms with E-state index >= 15 is 0 Å². The van der Waals surface area contributed by atoms with Gasteiger partial charge < -0.3 is 5.32 Å². The number of aromatic amines is 1. The molecule has 1 heterocycles. The zero-order chi connectivity index (χ0) is 13.2. The van der Waals surface area contributed by atoms with Crippen LogP contribution >= 0.6 is 0 Å². The van der Waals surface area contributed by atoms with Gasteiger partial charge in [-0.15, -0.1) is 0 Å². The highest BCUT2D eigenvalue weighted by molar-refractivity contribution is 5.25. The number of aromatic nitrogens is 3. The molecule has 2 unspecified atom stereocenters. The predicted octanol–water partition coefficient (Wildman–Crippen LogP) is 2.92. The van der Waals surface area contributed by atoms with Crippen molar-refractivity contribution >= 4 is 0 Å². The Morgan fingerprint density at radius 1 is 1.26 bits per heavy atom. The molecule has 2 N–H and O–H groups in total. The molecule has 1 saturated carbocycles. The van der Waals surface area contributed by atoms with Crippen molar-refractivity contribution in [3.63, 3.8) is 0 Å². The van der Waals surface area contributed by atoms with Gasteiger partial charge in [0.1, 0.15) is 12.2 Å². The predicted molar refractivity (Wildman–Crippen MR) is 74.6 cm³/mol. The Kier molecular flexibility index (Phi) is 3.34. The molecule has 1 aromatic carbocycles. The number of hydrogen-bond donors (Lipinski definition) is 2. The molecule has 100 valence electrons. The first-order chi connectivity index (χ1) is 9.24. The van der Waals surface area contributed by atoms with Gasteiger partial charge in [0.05, 0.1) is 6.04 Å². The molecule has 2 aromatic rings. The van der Waals surface area contributed by atoms with E-state index in [1.54, 1.807) is 6.33 Å². The summed E-state index contributed by atoms with van der Waals surface area (Å²) >= 11 is 0. The molecule has 0 aliphatic heterocycles. The fourth-order valence-corrected chi connectivity index (χ4v) is 2.48. The highest BCUT2D eigenvalue weighted by atomic mass is 15.2. The first-order valence-corrected chi connectivity index (χ1v) is 6.92. The third-order valence-electron chi connectivity index (χ3n) is 3.80. The summed E-state index contributed by atoms with van der Waals surface area (Å²) in [5, 5.41) is 10.5. The maximum atomic E-state index is 4.23. The van der Waals surface area contributed by atoms with Crippen LogP contribution in [0.15, 0.2) is 30.6 Å². The summed E-state index contributed by atoms with van der Waals surface area (Å²) in [5.41, 5.74) is 2.68. The minimum absolute atomic E-state index is 0.189. The van der Waals surface area contributed by atoms with Gasteiger partial charge in [-0.3, -0.25) is 5.10 Å². The Hall–Kier alpha value is -1.68. The first-order valence-electron chi connectivity index (χ1n) is 6.92. The second kappa shape index (κ2) is 5.13. The lowest BCUT2D eigenvalue weighted by molar-refractivity contribution is 0.416. The maximum Gasteiger partial charge on any atom is 0.141 e. The number of nitrogens with zero attached hydrogens (tertiary/aromatic N) is 2. The molecule has 19 heavy (non-hydrogen) atoms. The minimum Gasteiger partial charge on any atom is -0.300 e. The van der Waals surface area contributed by atoms with Crippen LogP contribution in [0.3, 0.4) is 0 Å². The third-order valence-corrected chi connectivity index (χ3v) is 3.80. The van der Waals surface area contributed by atoms with E-state index in [1.807, 2.05) is 0 Å². The van der Waals surface area contributed by atoms with Crippen molar-refractivity contribution in [3.05, 3.63) is 47.5 Å². The standard InChI is InChI=1S/C15H20N4/c1-10-3-5-12(6-4-10)14(13-7-8-13)18-11(2)15-16-9-17-19-15/h3-6,9,11,13-14,18H,7-8H2,1-2H3,(H,16,17,19). The van der Waals surface area contributed by atoms with Crippen molar-refractivity contribution in [2.24, 2.45) is 5.92 Å². The fourth-order valence-electron chi connectivity index (χ4n) is 2.48. The zero-order valence-electron chi connectivity index (χ0n) is 11.4. The maximum absolute atomic E-state index is 4.23. The normalized spacial score (nSPS) is 18.2. The van der Waals surface area contributed by atoms with Gasteiger partial charge in [0.15, 0.2) is 0 Å². The lowest BCUT2D eigenvalue weighted by atomic mass is 10.00. The van der Waals surface area contributed by atoms with Gasteiger partial charge in [-0.1, -0.05) is 29.8 Å². The average molecular weight is 256 g/mol.